The fourth-order valence-electron chi connectivity index (χ4n) is 2.88. The van der Waals surface area contributed by atoms with E-state index in [1.807, 2.05) is 0 Å². The molecule has 0 aliphatic carbocycles. The number of benzene rings is 1. The summed E-state index contributed by atoms with van der Waals surface area (Å²) in [7, 11) is 0. The minimum Gasteiger partial charge on any atom is -0.349 e. The number of hydrogen-bond donors (Lipinski definition) is 1. The topological polar surface area (TPSA) is 59.8 Å². The standard InChI is InChI=1S/C16H15Cl2F3N4O/c17-11-3-1-2-9(15(11)18)6-14(26)22-7-13-24-23-12-5-4-10(8-25(12)13)16(19,20)21/h1-3,10H,4-8H2,(H,22,26). The molecule has 140 valence electrons. The van der Waals surface area contributed by atoms with Gasteiger partial charge in [0.1, 0.15) is 5.82 Å². The molecule has 26 heavy (non-hydrogen) atoms. The number of carbonyl (C=O) groups is 1. The van der Waals surface area contributed by atoms with Gasteiger partial charge in [-0.25, -0.2) is 0 Å². The monoisotopic (exact) mass is 406 g/mol. The Balaban J connectivity index is 1.63. The summed E-state index contributed by atoms with van der Waals surface area (Å²) in [5, 5.41) is 11.1. The molecule has 10 heteroatoms. The summed E-state index contributed by atoms with van der Waals surface area (Å²) in [5.41, 5.74) is 0.567. The van der Waals surface area contributed by atoms with Gasteiger partial charge >= 0.3 is 6.18 Å². The number of rotatable bonds is 4. The van der Waals surface area contributed by atoms with Crippen LogP contribution in [0.5, 0.6) is 0 Å². The molecule has 0 fully saturated rings. The Hall–Kier alpha value is -1.80. The fourth-order valence-corrected chi connectivity index (χ4v) is 3.27. The van der Waals surface area contributed by atoms with Gasteiger partial charge in [0.25, 0.3) is 0 Å². The Bertz CT molecular complexity index is 822. The summed E-state index contributed by atoms with van der Waals surface area (Å²) in [4.78, 5) is 12.1. The van der Waals surface area contributed by atoms with E-state index in [1.165, 1.54) is 4.57 Å². The number of halogens is 5. The zero-order valence-electron chi connectivity index (χ0n) is 13.5. The van der Waals surface area contributed by atoms with E-state index in [1.54, 1.807) is 18.2 Å². The Labute approximate surface area is 157 Å². The molecule has 0 bridgehead atoms. The predicted octanol–water partition coefficient (Wildman–Crippen LogP) is 3.57. The maximum Gasteiger partial charge on any atom is 0.393 e. The van der Waals surface area contributed by atoms with Gasteiger partial charge in [-0.2, -0.15) is 13.2 Å². The van der Waals surface area contributed by atoms with E-state index in [4.69, 9.17) is 23.2 Å². The van der Waals surface area contributed by atoms with Crippen LogP contribution in [0.2, 0.25) is 10.0 Å². The summed E-state index contributed by atoms with van der Waals surface area (Å²) in [6, 6.07) is 4.98. The Morgan fingerprint density at radius 2 is 2.08 bits per heavy atom. The smallest absolute Gasteiger partial charge is 0.349 e. The Kier molecular flexibility index (Phi) is 5.43. The van der Waals surface area contributed by atoms with Crippen molar-refractivity contribution in [3.8, 4) is 0 Å². The van der Waals surface area contributed by atoms with Crippen molar-refractivity contribution in [3.05, 3.63) is 45.5 Å². The van der Waals surface area contributed by atoms with Crippen LogP contribution < -0.4 is 5.32 Å². The number of aryl methyl sites for hydroxylation is 1. The first-order valence-electron chi connectivity index (χ1n) is 7.93. The lowest BCUT2D eigenvalue weighted by Crippen LogP contribution is -2.34. The van der Waals surface area contributed by atoms with Gasteiger partial charge in [0.2, 0.25) is 5.91 Å². The van der Waals surface area contributed by atoms with Gasteiger partial charge in [-0.05, 0) is 18.1 Å². The number of alkyl halides is 3. The summed E-state index contributed by atoms with van der Waals surface area (Å²) in [6.07, 6.45) is -4.04. The van der Waals surface area contributed by atoms with Crippen LogP contribution in [-0.4, -0.2) is 26.8 Å². The molecule has 1 aromatic heterocycles. The van der Waals surface area contributed by atoms with Crippen molar-refractivity contribution in [2.45, 2.75) is 38.5 Å². The highest BCUT2D eigenvalue weighted by molar-refractivity contribution is 6.42. The average molecular weight is 407 g/mol. The van der Waals surface area contributed by atoms with E-state index in [9.17, 15) is 18.0 Å². The van der Waals surface area contributed by atoms with Gasteiger partial charge in [-0.1, -0.05) is 35.3 Å². The van der Waals surface area contributed by atoms with Crippen LogP contribution in [0.15, 0.2) is 18.2 Å². The zero-order valence-corrected chi connectivity index (χ0v) is 15.0. The maximum atomic E-state index is 13.0. The molecule has 0 spiro atoms. The van der Waals surface area contributed by atoms with E-state index in [2.05, 4.69) is 15.5 Å². The van der Waals surface area contributed by atoms with Gasteiger partial charge in [0.05, 0.1) is 28.9 Å². The minimum atomic E-state index is -4.26. The number of amides is 1. The van der Waals surface area contributed by atoms with E-state index in [0.717, 1.165) is 0 Å². The summed E-state index contributed by atoms with van der Waals surface area (Å²) < 4.78 is 40.3. The number of carbonyl (C=O) groups excluding carboxylic acids is 1. The van der Waals surface area contributed by atoms with Crippen LogP contribution in [0.1, 0.15) is 23.6 Å². The SMILES string of the molecule is O=C(Cc1cccc(Cl)c1Cl)NCc1nnc2n1CC(C(F)(F)F)CC2. The van der Waals surface area contributed by atoms with Crippen LogP contribution in [-0.2, 0) is 30.7 Å². The van der Waals surface area contributed by atoms with Crippen LogP contribution in [0.25, 0.3) is 0 Å². The Morgan fingerprint density at radius 1 is 1.31 bits per heavy atom. The van der Waals surface area contributed by atoms with Crippen molar-refractivity contribution in [1.82, 2.24) is 20.1 Å². The first-order valence-corrected chi connectivity index (χ1v) is 8.68. The lowest BCUT2D eigenvalue weighted by Gasteiger charge is -2.26. The number of nitrogens with zero attached hydrogens (tertiary/aromatic N) is 3. The molecule has 1 aliphatic heterocycles. The fraction of sp³-hybridized carbons (Fsp3) is 0.438. The lowest BCUT2D eigenvalue weighted by atomic mass is 9.99. The Morgan fingerprint density at radius 3 is 2.81 bits per heavy atom. The van der Waals surface area contributed by atoms with E-state index in [0.29, 0.717) is 27.3 Å². The maximum absolute atomic E-state index is 13.0. The normalized spacial score (nSPS) is 17.0. The summed E-state index contributed by atoms with van der Waals surface area (Å²) in [6.45, 7) is -0.230. The van der Waals surface area contributed by atoms with Crippen LogP contribution >= 0.6 is 23.2 Å². The number of nitrogens with one attached hydrogen (secondary N) is 1. The number of hydrogen-bond acceptors (Lipinski definition) is 3. The lowest BCUT2D eigenvalue weighted by molar-refractivity contribution is -0.182. The van der Waals surface area contributed by atoms with Gasteiger partial charge in [0.15, 0.2) is 5.82 Å². The van der Waals surface area contributed by atoms with Gasteiger partial charge < -0.3 is 9.88 Å². The second-order valence-electron chi connectivity index (χ2n) is 6.09. The van der Waals surface area contributed by atoms with Crippen molar-refractivity contribution in [3.63, 3.8) is 0 Å². The third-order valence-electron chi connectivity index (χ3n) is 4.31. The van der Waals surface area contributed by atoms with Crippen molar-refractivity contribution >= 4 is 29.1 Å². The third kappa shape index (κ3) is 4.12. The molecule has 0 radical (unpaired) electrons. The summed E-state index contributed by atoms with van der Waals surface area (Å²) in [5.74, 6) is -0.951. The molecule has 1 aromatic carbocycles. The van der Waals surface area contributed by atoms with Crippen molar-refractivity contribution in [2.24, 2.45) is 5.92 Å². The van der Waals surface area contributed by atoms with Crippen molar-refractivity contribution in [2.75, 3.05) is 0 Å². The highest BCUT2D eigenvalue weighted by atomic mass is 35.5. The molecule has 1 unspecified atom stereocenters. The van der Waals surface area contributed by atoms with Gasteiger partial charge in [0, 0.05) is 13.0 Å². The molecule has 2 heterocycles. The van der Waals surface area contributed by atoms with Crippen LogP contribution in [0, 0.1) is 5.92 Å². The molecule has 3 rings (SSSR count). The quantitative estimate of drug-likeness (QED) is 0.843. The number of fused-ring (bicyclic) bond motifs is 1. The predicted molar refractivity (Wildman–Crippen MR) is 89.9 cm³/mol. The van der Waals surface area contributed by atoms with Crippen LogP contribution in [0.3, 0.4) is 0 Å². The van der Waals surface area contributed by atoms with Gasteiger partial charge in [-0.15, -0.1) is 10.2 Å². The molecule has 2 aromatic rings. The third-order valence-corrected chi connectivity index (χ3v) is 5.17. The molecule has 1 atom stereocenters. The number of aromatic nitrogens is 3. The molecule has 0 saturated carbocycles. The molecule has 0 saturated heterocycles. The second kappa shape index (κ2) is 7.44. The van der Waals surface area contributed by atoms with E-state index >= 15 is 0 Å². The molecule has 1 aliphatic rings. The molecule has 5 nitrogen and oxygen atoms in total. The molecular weight excluding hydrogens is 392 g/mol. The van der Waals surface area contributed by atoms with E-state index < -0.39 is 12.1 Å². The van der Waals surface area contributed by atoms with E-state index in [-0.39, 0.29) is 38.3 Å². The highest BCUT2D eigenvalue weighted by Crippen LogP contribution is 2.34. The van der Waals surface area contributed by atoms with Gasteiger partial charge in [-0.3, -0.25) is 4.79 Å². The van der Waals surface area contributed by atoms with Crippen LogP contribution in [0.4, 0.5) is 13.2 Å². The van der Waals surface area contributed by atoms with Crippen molar-refractivity contribution < 1.29 is 18.0 Å². The largest absolute Gasteiger partial charge is 0.393 e. The zero-order chi connectivity index (χ0) is 18.9. The minimum absolute atomic E-state index is 0.00125. The molecular formula is C16H15Cl2F3N4O. The molecule has 1 amide bonds. The summed E-state index contributed by atoms with van der Waals surface area (Å²) >= 11 is 12.0. The first-order chi connectivity index (χ1) is 12.3. The first kappa shape index (κ1) is 19.0. The second-order valence-corrected chi connectivity index (χ2v) is 6.87. The average Bonchev–Trinajstić information content (AvgIpc) is 2.99. The highest BCUT2D eigenvalue weighted by Gasteiger charge is 2.42. The molecule has 1 N–H and O–H groups in total. The van der Waals surface area contributed by atoms with Crippen molar-refractivity contribution in [1.29, 1.82) is 0 Å².